The lowest BCUT2D eigenvalue weighted by Crippen LogP contribution is -2.16. The lowest BCUT2D eigenvalue weighted by Gasteiger charge is -2.13. The molecule has 0 saturated carbocycles. The van der Waals surface area contributed by atoms with E-state index >= 15 is 0 Å². The molecule has 0 spiro atoms. The molecule has 1 aromatic rings. The molecule has 1 aliphatic carbocycles. The third kappa shape index (κ3) is 4.32. The number of nitrogens with one attached hydrogen (secondary N) is 1. The van der Waals surface area contributed by atoms with E-state index in [-0.39, 0.29) is 5.69 Å². The Morgan fingerprint density at radius 2 is 2.20 bits per heavy atom. The molecule has 5 heteroatoms. The van der Waals surface area contributed by atoms with Gasteiger partial charge in [-0.05, 0) is 50.3 Å². The highest BCUT2D eigenvalue weighted by Crippen LogP contribution is 2.22. The molecule has 2 rings (SSSR count). The van der Waals surface area contributed by atoms with Gasteiger partial charge in [-0.1, -0.05) is 23.3 Å². The van der Waals surface area contributed by atoms with Crippen LogP contribution in [0, 0.1) is 10.1 Å². The van der Waals surface area contributed by atoms with Gasteiger partial charge in [0.05, 0.1) is 4.92 Å². The van der Waals surface area contributed by atoms with Crippen molar-refractivity contribution in [3.05, 3.63) is 50.5 Å². The first kappa shape index (κ1) is 15.0. The van der Waals surface area contributed by atoms with E-state index in [2.05, 4.69) is 11.4 Å². The van der Waals surface area contributed by atoms with E-state index in [0.29, 0.717) is 11.6 Å². The number of nitro benzene ring substituents is 1. The highest BCUT2D eigenvalue weighted by Gasteiger charge is 2.09. The molecule has 0 atom stereocenters. The van der Waals surface area contributed by atoms with Crippen molar-refractivity contribution in [2.24, 2.45) is 0 Å². The van der Waals surface area contributed by atoms with Gasteiger partial charge in [-0.3, -0.25) is 10.1 Å². The largest absolute Gasteiger partial charge is 0.312 e. The number of halogens is 1. The standard InChI is InChI=1S/C15H19ClN2O2/c16-15-7-6-14(18(19)20)10-13(15)11-17-9-8-12-4-2-1-3-5-12/h4,6-7,10,17H,1-3,5,8-9,11H2. The van der Waals surface area contributed by atoms with Crippen LogP contribution in [-0.2, 0) is 6.54 Å². The molecule has 1 aliphatic rings. The molecule has 0 bridgehead atoms. The Morgan fingerprint density at radius 3 is 2.90 bits per heavy atom. The second kappa shape index (κ2) is 7.41. The van der Waals surface area contributed by atoms with E-state index in [1.165, 1.54) is 43.4 Å². The number of benzene rings is 1. The third-order valence-electron chi connectivity index (χ3n) is 3.56. The fraction of sp³-hybridized carbons (Fsp3) is 0.467. The van der Waals surface area contributed by atoms with Crippen molar-refractivity contribution in [1.29, 1.82) is 0 Å². The van der Waals surface area contributed by atoms with Gasteiger partial charge in [-0.2, -0.15) is 0 Å². The van der Waals surface area contributed by atoms with Gasteiger partial charge in [-0.25, -0.2) is 0 Å². The monoisotopic (exact) mass is 294 g/mol. The van der Waals surface area contributed by atoms with Gasteiger partial charge in [-0.15, -0.1) is 0 Å². The van der Waals surface area contributed by atoms with Gasteiger partial charge in [0, 0.05) is 23.7 Å². The van der Waals surface area contributed by atoms with Gasteiger partial charge in [0.2, 0.25) is 0 Å². The van der Waals surface area contributed by atoms with Gasteiger partial charge >= 0.3 is 0 Å². The number of rotatable bonds is 6. The zero-order valence-electron chi connectivity index (χ0n) is 11.4. The minimum atomic E-state index is -0.396. The molecule has 0 radical (unpaired) electrons. The quantitative estimate of drug-likeness (QED) is 0.370. The zero-order chi connectivity index (χ0) is 14.4. The summed E-state index contributed by atoms with van der Waals surface area (Å²) in [6.45, 7) is 1.44. The number of hydrogen-bond acceptors (Lipinski definition) is 3. The summed E-state index contributed by atoms with van der Waals surface area (Å²) >= 11 is 6.05. The number of allylic oxidation sites excluding steroid dienone is 1. The van der Waals surface area contributed by atoms with Crippen molar-refractivity contribution < 1.29 is 4.92 Å². The van der Waals surface area contributed by atoms with Gasteiger partial charge in [0.1, 0.15) is 0 Å². The molecule has 0 saturated heterocycles. The molecule has 20 heavy (non-hydrogen) atoms. The SMILES string of the molecule is O=[N+]([O-])c1ccc(Cl)c(CNCCC2=CCCCC2)c1. The first-order valence-electron chi connectivity index (χ1n) is 6.98. The van der Waals surface area contributed by atoms with Crippen LogP contribution >= 0.6 is 11.6 Å². The zero-order valence-corrected chi connectivity index (χ0v) is 12.2. The van der Waals surface area contributed by atoms with Crippen LogP contribution in [0.15, 0.2) is 29.8 Å². The van der Waals surface area contributed by atoms with Gasteiger partial charge < -0.3 is 5.32 Å². The maximum atomic E-state index is 10.7. The number of non-ortho nitro benzene ring substituents is 1. The molecular weight excluding hydrogens is 276 g/mol. The summed E-state index contributed by atoms with van der Waals surface area (Å²) in [6, 6.07) is 4.55. The summed E-state index contributed by atoms with van der Waals surface area (Å²) in [5.41, 5.74) is 2.38. The van der Waals surface area contributed by atoms with E-state index in [4.69, 9.17) is 11.6 Å². The molecule has 0 aliphatic heterocycles. The Morgan fingerprint density at radius 1 is 1.35 bits per heavy atom. The Bertz CT molecular complexity index is 515. The Kier molecular flexibility index (Phi) is 5.56. The molecule has 0 amide bonds. The highest BCUT2D eigenvalue weighted by atomic mass is 35.5. The fourth-order valence-corrected chi connectivity index (χ4v) is 2.60. The summed E-state index contributed by atoms with van der Waals surface area (Å²) < 4.78 is 0. The molecule has 0 unspecified atom stereocenters. The summed E-state index contributed by atoms with van der Waals surface area (Å²) in [4.78, 5) is 10.3. The van der Waals surface area contributed by atoms with Crippen LogP contribution in [0.4, 0.5) is 5.69 Å². The predicted octanol–water partition coefficient (Wildman–Crippen LogP) is 4.23. The molecule has 1 N–H and O–H groups in total. The average Bonchev–Trinajstić information content (AvgIpc) is 2.46. The molecule has 108 valence electrons. The molecule has 0 aromatic heterocycles. The molecule has 0 heterocycles. The maximum Gasteiger partial charge on any atom is 0.269 e. The maximum absolute atomic E-state index is 10.7. The summed E-state index contributed by atoms with van der Waals surface area (Å²) in [6.07, 6.45) is 8.39. The number of nitrogens with zero attached hydrogens (tertiary/aromatic N) is 1. The smallest absolute Gasteiger partial charge is 0.269 e. The normalized spacial score (nSPS) is 14.9. The number of nitro groups is 1. The Hall–Kier alpha value is -1.39. The molecule has 1 aromatic carbocycles. The van der Waals surface area contributed by atoms with Crippen molar-refractivity contribution in [3.8, 4) is 0 Å². The van der Waals surface area contributed by atoms with Crippen molar-refractivity contribution in [2.75, 3.05) is 6.54 Å². The lowest BCUT2D eigenvalue weighted by atomic mass is 9.97. The third-order valence-corrected chi connectivity index (χ3v) is 3.93. The first-order chi connectivity index (χ1) is 9.66. The summed E-state index contributed by atoms with van der Waals surface area (Å²) in [7, 11) is 0. The second-order valence-electron chi connectivity index (χ2n) is 5.07. The predicted molar refractivity (Wildman–Crippen MR) is 81.0 cm³/mol. The van der Waals surface area contributed by atoms with Crippen LogP contribution in [0.5, 0.6) is 0 Å². The van der Waals surface area contributed by atoms with E-state index < -0.39 is 4.92 Å². The van der Waals surface area contributed by atoms with Crippen LogP contribution in [0.3, 0.4) is 0 Å². The highest BCUT2D eigenvalue weighted by molar-refractivity contribution is 6.31. The number of hydrogen-bond donors (Lipinski definition) is 1. The van der Waals surface area contributed by atoms with E-state index in [1.54, 1.807) is 6.07 Å². The Balaban J connectivity index is 1.82. The summed E-state index contributed by atoms with van der Waals surface area (Å²) in [5, 5.41) is 14.6. The van der Waals surface area contributed by atoms with E-state index in [0.717, 1.165) is 18.5 Å². The van der Waals surface area contributed by atoms with Crippen LogP contribution in [0.2, 0.25) is 5.02 Å². The minimum absolute atomic E-state index is 0.0844. The fourth-order valence-electron chi connectivity index (χ4n) is 2.41. The Labute approximate surface area is 124 Å². The second-order valence-corrected chi connectivity index (χ2v) is 5.47. The first-order valence-corrected chi connectivity index (χ1v) is 7.36. The molecule has 0 fully saturated rings. The van der Waals surface area contributed by atoms with E-state index in [1.807, 2.05) is 0 Å². The van der Waals surface area contributed by atoms with Crippen LogP contribution in [-0.4, -0.2) is 11.5 Å². The van der Waals surface area contributed by atoms with Crippen LogP contribution < -0.4 is 5.32 Å². The van der Waals surface area contributed by atoms with E-state index in [9.17, 15) is 10.1 Å². The van der Waals surface area contributed by atoms with Gasteiger partial charge in [0.25, 0.3) is 5.69 Å². The van der Waals surface area contributed by atoms with Crippen molar-refractivity contribution in [1.82, 2.24) is 5.32 Å². The lowest BCUT2D eigenvalue weighted by molar-refractivity contribution is -0.384. The van der Waals surface area contributed by atoms with Crippen LogP contribution in [0.25, 0.3) is 0 Å². The minimum Gasteiger partial charge on any atom is -0.312 e. The van der Waals surface area contributed by atoms with Crippen molar-refractivity contribution >= 4 is 17.3 Å². The van der Waals surface area contributed by atoms with Crippen molar-refractivity contribution in [3.63, 3.8) is 0 Å². The average molecular weight is 295 g/mol. The topological polar surface area (TPSA) is 55.2 Å². The van der Waals surface area contributed by atoms with Gasteiger partial charge in [0.15, 0.2) is 0 Å². The molecular formula is C15H19ClN2O2. The van der Waals surface area contributed by atoms with Crippen LogP contribution in [0.1, 0.15) is 37.7 Å². The summed E-state index contributed by atoms with van der Waals surface area (Å²) in [5.74, 6) is 0. The van der Waals surface area contributed by atoms with Crippen molar-refractivity contribution in [2.45, 2.75) is 38.6 Å². The molecule has 4 nitrogen and oxygen atoms in total.